The minimum absolute atomic E-state index is 0.0374. The third kappa shape index (κ3) is 1.88. The number of benzene rings is 1. The van der Waals surface area contributed by atoms with E-state index in [1.807, 2.05) is 6.92 Å². The van der Waals surface area contributed by atoms with E-state index < -0.39 is 5.97 Å². The highest BCUT2D eigenvalue weighted by atomic mass is 16.4. The molecule has 0 aliphatic carbocycles. The number of aromatic hydroxyl groups is 1. The quantitative estimate of drug-likeness (QED) is 0.675. The summed E-state index contributed by atoms with van der Waals surface area (Å²) >= 11 is 0. The Balaban J connectivity index is 2.45. The number of imidazole rings is 1. The van der Waals surface area contributed by atoms with Crippen LogP contribution in [0.3, 0.4) is 0 Å². The summed E-state index contributed by atoms with van der Waals surface area (Å²) in [6, 6.07) is 3.38. The number of rotatable bonds is 2. The van der Waals surface area contributed by atoms with Crippen LogP contribution in [0.4, 0.5) is 5.69 Å². The molecule has 0 amide bonds. The third-order valence-corrected chi connectivity index (χ3v) is 3.85. The first-order chi connectivity index (χ1) is 10.4. The van der Waals surface area contributed by atoms with Crippen molar-refractivity contribution >= 4 is 17.3 Å². The number of carboxylic acid groups (broad SMARTS) is 1. The lowest BCUT2D eigenvalue weighted by molar-refractivity contribution is 0.0699. The van der Waals surface area contributed by atoms with E-state index in [0.29, 0.717) is 16.8 Å². The molecule has 2 aromatic heterocycles. The molecule has 0 radical (unpaired) electrons. The predicted molar refractivity (Wildman–Crippen MR) is 83.1 cm³/mol. The number of hydrogen-bond acceptors (Lipinski definition) is 4. The molecule has 0 saturated heterocycles. The number of phenols is 1. The van der Waals surface area contributed by atoms with Crippen molar-refractivity contribution in [2.75, 3.05) is 5.73 Å². The number of anilines is 1. The van der Waals surface area contributed by atoms with E-state index in [1.165, 1.54) is 6.20 Å². The number of nitrogen functional groups attached to an aromatic ring is 1. The summed E-state index contributed by atoms with van der Waals surface area (Å²) in [5.41, 5.74) is 9.37. The zero-order chi connectivity index (χ0) is 16.0. The maximum absolute atomic E-state index is 11.6. The van der Waals surface area contributed by atoms with Crippen molar-refractivity contribution in [3.63, 3.8) is 0 Å². The lowest BCUT2D eigenvalue weighted by atomic mass is 9.94. The molecule has 0 bridgehead atoms. The van der Waals surface area contributed by atoms with Gasteiger partial charge in [-0.25, -0.2) is 9.78 Å². The van der Waals surface area contributed by atoms with Gasteiger partial charge in [0.25, 0.3) is 0 Å². The highest BCUT2D eigenvalue weighted by Crippen LogP contribution is 2.37. The fraction of sp³-hybridized carbons (Fsp3) is 0.125. The molecule has 4 N–H and O–H groups in total. The van der Waals surface area contributed by atoms with Crippen molar-refractivity contribution in [2.45, 2.75) is 13.8 Å². The summed E-state index contributed by atoms with van der Waals surface area (Å²) < 4.78 is 1.62. The van der Waals surface area contributed by atoms with Crippen LogP contribution >= 0.6 is 0 Å². The maximum Gasteiger partial charge on any atom is 0.341 e. The Hall–Kier alpha value is -3.02. The molecule has 0 fully saturated rings. The smallest absolute Gasteiger partial charge is 0.341 e. The van der Waals surface area contributed by atoms with E-state index in [0.717, 1.165) is 11.1 Å². The van der Waals surface area contributed by atoms with Crippen molar-refractivity contribution < 1.29 is 15.0 Å². The molecule has 22 heavy (non-hydrogen) atoms. The zero-order valence-electron chi connectivity index (χ0n) is 12.2. The molecule has 0 aliphatic heterocycles. The first-order valence-corrected chi connectivity index (χ1v) is 6.69. The zero-order valence-corrected chi connectivity index (χ0v) is 12.2. The number of fused-ring (bicyclic) bond motifs is 1. The van der Waals surface area contributed by atoms with Crippen LogP contribution in [0.1, 0.15) is 21.5 Å². The molecule has 0 unspecified atom stereocenters. The minimum atomic E-state index is -1.13. The number of carbonyl (C=O) groups is 1. The number of pyridine rings is 1. The second-order valence-electron chi connectivity index (χ2n) is 5.20. The topological polar surface area (TPSA) is 101 Å². The van der Waals surface area contributed by atoms with Gasteiger partial charge in [-0.3, -0.25) is 0 Å². The standard InChI is InChI=1S/C16H15N3O3/c1-8-3-4-11(20)9(2)12(8)10-7-19-6-5-18-15(19)13(14(10)17)16(21)22/h3-7,20H,17H2,1-2H3,(H,21,22). The number of aromatic nitrogens is 2. The summed E-state index contributed by atoms with van der Waals surface area (Å²) in [5, 5.41) is 19.4. The largest absolute Gasteiger partial charge is 0.508 e. The van der Waals surface area contributed by atoms with Gasteiger partial charge in [-0.2, -0.15) is 0 Å². The Labute approximate surface area is 126 Å². The Kier molecular flexibility index (Phi) is 3.02. The average molecular weight is 297 g/mol. The Morgan fingerprint density at radius 1 is 1.32 bits per heavy atom. The molecule has 6 nitrogen and oxygen atoms in total. The second-order valence-corrected chi connectivity index (χ2v) is 5.20. The lowest BCUT2D eigenvalue weighted by Crippen LogP contribution is -2.08. The van der Waals surface area contributed by atoms with Crippen molar-refractivity contribution in [1.29, 1.82) is 0 Å². The number of aryl methyl sites for hydroxylation is 1. The normalized spacial score (nSPS) is 11.0. The fourth-order valence-electron chi connectivity index (χ4n) is 2.74. The van der Waals surface area contributed by atoms with Gasteiger partial charge in [0.2, 0.25) is 0 Å². The van der Waals surface area contributed by atoms with Crippen molar-refractivity contribution in [3.8, 4) is 16.9 Å². The van der Waals surface area contributed by atoms with Gasteiger partial charge in [-0.1, -0.05) is 6.07 Å². The summed E-state index contributed by atoms with van der Waals surface area (Å²) in [4.78, 5) is 15.6. The van der Waals surface area contributed by atoms with Crippen LogP contribution in [0.15, 0.2) is 30.7 Å². The number of carboxylic acids is 1. The van der Waals surface area contributed by atoms with Gasteiger partial charge in [0.05, 0.1) is 5.69 Å². The van der Waals surface area contributed by atoms with Gasteiger partial charge in [0.15, 0.2) is 5.65 Å². The first kappa shape index (κ1) is 13.9. The van der Waals surface area contributed by atoms with E-state index >= 15 is 0 Å². The molecule has 3 rings (SSSR count). The third-order valence-electron chi connectivity index (χ3n) is 3.85. The molecule has 3 aromatic rings. The van der Waals surface area contributed by atoms with E-state index in [1.54, 1.807) is 35.9 Å². The van der Waals surface area contributed by atoms with Crippen LogP contribution in [-0.2, 0) is 0 Å². The van der Waals surface area contributed by atoms with Gasteiger partial charge in [-0.15, -0.1) is 0 Å². The SMILES string of the molecule is Cc1ccc(O)c(C)c1-c1cn2ccnc2c(C(=O)O)c1N. The molecule has 1 aromatic carbocycles. The molecule has 2 heterocycles. The fourth-order valence-corrected chi connectivity index (χ4v) is 2.74. The number of aromatic carboxylic acids is 1. The number of nitrogens with zero attached hydrogens (tertiary/aromatic N) is 2. The van der Waals surface area contributed by atoms with Gasteiger partial charge in [0, 0.05) is 24.2 Å². The number of nitrogens with two attached hydrogens (primary N) is 1. The summed E-state index contributed by atoms with van der Waals surface area (Å²) in [6.45, 7) is 3.66. The van der Waals surface area contributed by atoms with E-state index in [9.17, 15) is 15.0 Å². The lowest BCUT2D eigenvalue weighted by Gasteiger charge is -2.16. The molecular weight excluding hydrogens is 282 g/mol. The van der Waals surface area contributed by atoms with Gasteiger partial charge in [-0.05, 0) is 36.6 Å². The summed E-state index contributed by atoms with van der Waals surface area (Å²) in [6.07, 6.45) is 4.92. The van der Waals surface area contributed by atoms with Gasteiger partial charge < -0.3 is 20.3 Å². The van der Waals surface area contributed by atoms with Crippen LogP contribution in [0.2, 0.25) is 0 Å². The highest BCUT2D eigenvalue weighted by molar-refractivity contribution is 6.04. The van der Waals surface area contributed by atoms with Gasteiger partial charge >= 0.3 is 5.97 Å². The molecule has 0 atom stereocenters. The molecule has 0 saturated carbocycles. The van der Waals surface area contributed by atoms with Crippen LogP contribution in [-0.4, -0.2) is 25.6 Å². The number of hydrogen-bond donors (Lipinski definition) is 3. The highest BCUT2D eigenvalue weighted by Gasteiger charge is 2.21. The van der Waals surface area contributed by atoms with Crippen LogP contribution < -0.4 is 5.73 Å². The maximum atomic E-state index is 11.6. The molecule has 0 aliphatic rings. The first-order valence-electron chi connectivity index (χ1n) is 6.69. The van der Waals surface area contributed by atoms with Crippen molar-refractivity contribution in [1.82, 2.24) is 9.38 Å². The predicted octanol–water partition coefficient (Wildman–Crippen LogP) is 2.60. The molecule has 112 valence electrons. The number of phenolic OH excluding ortho intramolecular Hbond substituents is 1. The van der Waals surface area contributed by atoms with Crippen LogP contribution in [0, 0.1) is 13.8 Å². The van der Waals surface area contributed by atoms with E-state index in [4.69, 9.17) is 5.73 Å². The Morgan fingerprint density at radius 3 is 2.73 bits per heavy atom. The van der Waals surface area contributed by atoms with E-state index in [-0.39, 0.29) is 17.0 Å². The van der Waals surface area contributed by atoms with Crippen molar-refractivity contribution in [3.05, 3.63) is 47.4 Å². The molecular formula is C16H15N3O3. The summed E-state index contributed by atoms with van der Waals surface area (Å²) in [7, 11) is 0. The van der Waals surface area contributed by atoms with Crippen LogP contribution in [0.5, 0.6) is 5.75 Å². The van der Waals surface area contributed by atoms with Crippen molar-refractivity contribution in [2.24, 2.45) is 0 Å². The Morgan fingerprint density at radius 2 is 2.05 bits per heavy atom. The average Bonchev–Trinajstić information content (AvgIpc) is 2.91. The second kappa shape index (κ2) is 4.77. The molecule has 6 heteroatoms. The summed E-state index contributed by atoms with van der Waals surface area (Å²) in [5.74, 6) is -0.992. The van der Waals surface area contributed by atoms with E-state index in [2.05, 4.69) is 4.98 Å². The minimum Gasteiger partial charge on any atom is -0.508 e. The molecule has 0 spiro atoms. The van der Waals surface area contributed by atoms with Crippen LogP contribution in [0.25, 0.3) is 16.8 Å². The van der Waals surface area contributed by atoms with Gasteiger partial charge in [0.1, 0.15) is 11.3 Å². The monoisotopic (exact) mass is 297 g/mol. The Bertz CT molecular complexity index is 913.